The molecule has 0 aromatic heterocycles. The van der Waals surface area contributed by atoms with Crippen molar-refractivity contribution in [3.05, 3.63) is 35.7 Å². The van der Waals surface area contributed by atoms with Gasteiger partial charge in [0, 0.05) is 17.9 Å². The van der Waals surface area contributed by atoms with Crippen molar-refractivity contribution in [1.82, 2.24) is 0 Å². The number of hydrogen-bond acceptors (Lipinski definition) is 7. The summed E-state index contributed by atoms with van der Waals surface area (Å²) in [7, 11) is 1.58. The van der Waals surface area contributed by atoms with Crippen molar-refractivity contribution < 1.29 is 23.7 Å². The summed E-state index contributed by atoms with van der Waals surface area (Å²) in [6.07, 6.45) is 1.19. The lowest BCUT2D eigenvalue weighted by Gasteiger charge is -2.34. The van der Waals surface area contributed by atoms with Crippen LogP contribution < -0.4 is 15.2 Å². The van der Waals surface area contributed by atoms with Crippen LogP contribution in [0.25, 0.3) is 0 Å². The summed E-state index contributed by atoms with van der Waals surface area (Å²) < 4.78 is 27.8. The Morgan fingerprint density at radius 1 is 1.26 bits per heavy atom. The third-order valence-corrected chi connectivity index (χ3v) is 3.98. The van der Waals surface area contributed by atoms with Crippen LogP contribution in [0.4, 0.5) is 0 Å². The van der Waals surface area contributed by atoms with Crippen LogP contribution >= 0.6 is 0 Å². The van der Waals surface area contributed by atoms with Crippen molar-refractivity contribution in [3.63, 3.8) is 0 Å². The second-order valence-electron chi connectivity index (χ2n) is 7.33. The topological polar surface area (TPSA) is 96.0 Å². The van der Waals surface area contributed by atoms with Gasteiger partial charge in [0.2, 0.25) is 5.76 Å². The molecule has 1 aromatic carbocycles. The van der Waals surface area contributed by atoms with E-state index in [-0.39, 0.29) is 23.4 Å². The number of benzene rings is 1. The van der Waals surface area contributed by atoms with E-state index in [1.807, 2.05) is 6.07 Å². The first-order valence-corrected chi connectivity index (χ1v) is 9.04. The van der Waals surface area contributed by atoms with Gasteiger partial charge < -0.3 is 29.4 Å². The van der Waals surface area contributed by atoms with E-state index in [2.05, 4.69) is 13.8 Å². The lowest BCUT2D eigenvalue weighted by molar-refractivity contribution is -0.224. The molecule has 7 heteroatoms. The Morgan fingerprint density at radius 3 is 2.56 bits per heavy atom. The van der Waals surface area contributed by atoms with Crippen LogP contribution in [0.5, 0.6) is 11.5 Å². The summed E-state index contributed by atoms with van der Waals surface area (Å²) in [5.41, 5.74) is 6.29. The van der Waals surface area contributed by atoms with E-state index < -0.39 is 0 Å². The molecule has 0 amide bonds. The van der Waals surface area contributed by atoms with Gasteiger partial charge in [-0.05, 0) is 25.5 Å². The Bertz CT molecular complexity index is 658. The van der Waals surface area contributed by atoms with Crippen LogP contribution in [-0.4, -0.2) is 39.1 Å². The Labute approximate surface area is 160 Å². The van der Waals surface area contributed by atoms with Gasteiger partial charge in [0.05, 0.1) is 32.6 Å². The Kier molecular flexibility index (Phi) is 7.50. The number of methoxy groups -OCH3 is 1. The van der Waals surface area contributed by atoms with Crippen molar-refractivity contribution >= 4 is 5.90 Å². The van der Waals surface area contributed by atoms with E-state index in [9.17, 15) is 0 Å². The molecule has 1 aromatic rings. The minimum absolute atomic E-state index is 0.0604. The first-order valence-electron chi connectivity index (χ1n) is 9.04. The molecule has 0 radical (unpaired) electrons. The lowest BCUT2D eigenvalue weighted by atomic mass is 9.95. The molecule has 7 nitrogen and oxygen atoms in total. The van der Waals surface area contributed by atoms with Gasteiger partial charge in [-0.3, -0.25) is 5.41 Å². The molecule has 0 bridgehead atoms. The van der Waals surface area contributed by atoms with Gasteiger partial charge in [0.1, 0.15) is 11.5 Å². The van der Waals surface area contributed by atoms with Crippen LogP contribution in [0.15, 0.2) is 35.7 Å². The summed E-state index contributed by atoms with van der Waals surface area (Å²) in [4.78, 5) is 0. The number of allylic oxidation sites excluding steroid dienone is 1. The summed E-state index contributed by atoms with van der Waals surface area (Å²) >= 11 is 0. The highest BCUT2D eigenvalue weighted by molar-refractivity contribution is 5.89. The molecular formula is C20H30N2O5. The molecule has 0 unspecified atom stereocenters. The molecule has 150 valence electrons. The van der Waals surface area contributed by atoms with Crippen LogP contribution in [0.2, 0.25) is 0 Å². The highest BCUT2D eigenvalue weighted by atomic mass is 16.7. The second kappa shape index (κ2) is 9.62. The highest BCUT2D eigenvalue weighted by Crippen LogP contribution is 2.25. The normalized spacial score (nSPS) is 17.8. The van der Waals surface area contributed by atoms with Gasteiger partial charge in [-0.1, -0.05) is 19.9 Å². The van der Waals surface area contributed by atoms with Crippen LogP contribution in [-0.2, 0) is 14.2 Å². The smallest absolute Gasteiger partial charge is 0.252 e. The van der Waals surface area contributed by atoms with Gasteiger partial charge in [-0.2, -0.15) is 0 Å². The fraction of sp³-hybridized carbons (Fsp3) is 0.550. The SMILES string of the molecule is COc1cccc(O/C(C(=N)OCCCC2OCC(C)(C)CO2)=C(\C)N)c1. The monoisotopic (exact) mass is 378 g/mol. The van der Waals surface area contributed by atoms with Crippen molar-refractivity contribution in [2.24, 2.45) is 11.1 Å². The van der Waals surface area contributed by atoms with Crippen molar-refractivity contribution in [3.8, 4) is 11.5 Å². The molecule has 0 saturated carbocycles. The lowest BCUT2D eigenvalue weighted by Crippen LogP contribution is -2.37. The van der Waals surface area contributed by atoms with Gasteiger partial charge in [0.25, 0.3) is 5.90 Å². The second-order valence-corrected chi connectivity index (χ2v) is 7.33. The number of ether oxygens (including phenoxy) is 5. The number of nitrogens with two attached hydrogens (primary N) is 1. The molecule has 27 heavy (non-hydrogen) atoms. The largest absolute Gasteiger partial charge is 0.497 e. The van der Waals surface area contributed by atoms with Crippen LogP contribution in [0, 0.1) is 10.8 Å². The zero-order valence-electron chi connectivity index (χ0n) is 16.5. The van der Waals surface area contributed by atoms with E-state index >= 15 is 0 Å². The van der Waals surface area contributed by atoms with Gasteiger partial charge >= 0.3 is 0 Å². The molecule has 3 N–H and O–H groups in total. The molecule has 1 heterocycles. The van der Waals surface area contributed by atoms with Crippen LogP contribution in [0.1, 0.15) is 33.6 Å². The molecule has 0 aliphatic carbocycles. The zero-order chi connectivity index (χ0) is 19.9. The van der Waals surface area contributed by atoms with E-state index in [0.29, 0.717) is 49.9 Å². The average molecular weight is 378 g/mol. The Balaban J connectivity index is 1.79. The first-order chi connectivity index (χ1) is 12.8. The molecular weight excluding hydrogens is 348 g/mol. The fourth-order valence-corrected chi connectivity index (χ4v) is 2.47. The van der Waals surface area contributed by atoms with E-state index in [1.165, 1.54) is 0 Å². The molecule has 1 aliphatic heterocycles. The third-order valence-electron chi connectivity index (χ3n) is 3.98. The van der Waals surface area contributed by atoms with Crippen molar-refractivity contribution in [1.29, 1.82) is 5.41 Å². The maximum absolute atomic E-state index is 8.12. The average Bonchev–Trinajstić information content (AvgIpc) is 2.64. The summed E-state index contributed by atoms with van der Waals surface area (Å²) in [5.74, 6) is 1.26. The fourth-order valence-electron chi connectivity index (χ4n) is 2.47. The third kappa shape index (κ3) is 6.77. The summed E-state index contributed by atoms with van der Waals surface area (Å²) in [5, 5.41) is 8.12. The minimum atomic E-state index is -0.213. The number of hydrogen-bond donors (Lipinski definition) is 2. The quantitative estimate of drug-likeness (QED) is 0.311. The number of nitrogens with one attached hydrogen (secondary N) is 1. The molecule has 2 rings (SSSR count). The summed E-state index contributed by atoms with van der Waals surface area (Å²) in [6, 6.07) is 7.09. The molecule has 1 aliphatic rings. The van der Waals surface area contributed by atoms with Gasteiger partial charge in [-0.25, -0.2) is 0 Å². The Hall–Kier alpha value is -2.25. The zero-order valence-corrected chi connectivity index (χ0v) is 16.5. The maximum Gasteiger partial charge on any atom is 0.252 e. The van der Waals surface area contributed by atoms with Crippen molar-refractivity contribution in [2.75, 3.05) is 26.9 Å². The van der Waals surface area contributed by atoms with E-state index in [4.69, 9.17) is 34.8 Å². The van der Waals surface area contributed by atoms with Gasteiger partial charge in [-0.15, -0.1) is 0 Å². The predicted octanol–water partition coefficient (Wildman–Crippen LogP) is 3.44. The molecule has 1 saturated heterocycles. The van der Waals surface area contributed by atoms with Gasteiger partial charge in [0.15, 0.2) is 6.29 Å². The summed E-state index contributed by atoms with van der Waals surface area (Å²) in [6.45, 7) is 7.60. The van der Waals surface area contributed by atoms with E-state index in [0.717, 1.165) is 0 Å². The minimum Gasteiger partial charge on any atom is -0.497 e. The first kappa shape index (κ1) is 21.1. The maximum atomic E-state index is 8.12. The van der Waals surface area contributed by atoms with Crippen LogP contribution in [0.3, 0.4) is 0 Å². The molecule has 0 atom stereocenters. The predicted molar refractivity (Wildman–Crippen MR) is 103 cm³/mol. The molecule has 0 spiro atoms. The van der Waals surface area contributed by atoms with Crippen molar-refractivity contribution in [2.45, 2.75) is 39.9 Å². The Morgan fingerprint density at radius 2 is 1.93 bits per heavy atom. The highest BCUT2D eigenvalue weighted by Gasteiger charge is 2.28. The molecule has 1 fully saturated rings. The van der Waals surface area contributed by atoms with E-state index in [1.54, 1.807) is 32.2 Å². The number of rotatable bonds is 8. The standard InChI is InChI=1S/C20H30N2O5/c1-14(21)18(27-16-8-5-7-15(11-16)23-4)19(22)24-10-6-9-17-25-12-20(2,3)13-26-17/h5,7-8,11,17,22H,6,9-10,12-13,21H2,1-4H3/b18-14+,22-19?.